The first-order valence-corrected chi connectivity index (χ1v) is 13.6. The number of nitrogens with zero attached hydrogens (tertiary/aromatic N) is 1. The number of amides is 2. The van der Waals surface area contributed by atoms with Crippen molar-refractivity contribution in [3.05, 3.63) is 47.5 Å². The van der Waals surface area contributed by atoms with Crippen LogP contribution in [-0.2, 0) is 16.0 Å². The lowest BCUT2D eigenvalue weighted by molar-refractivity contribution is -0.139. The van der Waals surface area contributed by atoms with Gasteiger partial charge in [0.05, 0.1) is 27.4 Å². The molecule has 0 saturated heterocycles. The summed E-state index contributed by atoms with van der Waals surface area (Å²) in [7, 11) is 4.71. The zero-order valence-corrected chi connectivity index (χ0v) is 23.7. The molecule has 1 N–H and O–H groups in total. The van der Waals surface area contributed by atoms with Crippen molar-refractivity contribution in [2.45, 2.75) is 64.1 Å². The minimum absolute atomic E-state index is 0.0491. The molecule has 0 heterocycles. The Kier molecular flexibility index (Phi) is 11.0. The van der Waals surface area contributed by atoms with Crippen molar-refractivity contribution < 1.29 is 28.5 Å². The molecule has 2 aromatic rings. The molecule has 1 atom stereocenters. The Bertz CT molecular complexity index is 1090. The number of ether oxygens (including phenoxy) is 4. The highest BCUT2D eigenvalue weighted by Gasteiger charge is 2.33. The molecule has 208 valence electrons. The third-order valence-electron chi connectivity index (χ3n) is 6.65. The summed E-state index contributed by atoms with van der Waals surface area (Å²) < 4.78 is 22.2. The van der Waals surface area contributed by atoms with Crippen molar-refractivity contribution in [3.8, 4) is 23.0 Å². The molecule has 1 aliphatic rings. The number of hydrogen-bond donors (Lipinski definition) is 1. The minimum Gasteiger partial charge on any atom is -0.493 e. The van der Waals surface area contributed by atoms with Crippen LogP contribution < -0.4 is 24.3 Å². The van der Waals surface area contributed by atoms with Gasteiger partial charge in [0.2, 0.25) is 11.8 Å². The fraction of sp³-hybridized carbons (Fsp3) is 0.517. The number of methoxy groups -OCH3 is 3. The van der Waals surface area contributed by atoms with E-state index in [9.17, 15) is 9.59 Å². The second kappa shape index (κ2) is 14.1. The molecule has 1 fully saturated rings. The predicted molar refractivity (Wildman–Crippen MR) is 148 cm³/mol. The standard InChI is InChI=1S/C29H39ClN2O6/c1-19(2)38-24-13-11-21(17-26(24)37-5)28(29(34)31-22-8-6-7-9-22)32(27(33)18-30)15-14-20-10-12-23(35-3)25(16-20)36-4/h10-13,16-17,19,22,28H,6-9,14-15,18H2,1-5H3,(H,31,34)/t28-/m1/s1. The van der Waals surface area contributed by atoms with Gasteiger partial charge in [-0.15, -0.1) is 11.6 Å². The lowest BCUT2D eigenvalue weighted by Crippen LogP contribution is -2.47. The van der Waals surface area contributed by atoms with E-state index in [-0.39, 0.29) is 36.4 Å². The van der Waals surface area contributed by atoms with Crippen LogP contribution in [0.3, 0.4) is 0 Å². The number of halogens is 1. The summed E-state index contributed by atoms with van der Waals surface area (Å²) >= 11 is 6.06. The van der Waals surface area contributed by atoms with E-state index in [1.54, 1.807) is 38.4 Å². The van der Waals surface area contributed by atoms with Crippen LogP contribution in [0, 0.1) is 0 Å². The Labute approximate surface area is 230 Å². The van der Waals surface area contributed by atoms with Crippen molar-refractivity contribution >= 4 is 23.4 Å². The molecule has 0 bridgehead atoms. The summed E-state index contributed by atoms with van der Waals surface area (Å²) in [5, 5.41) is 3.17. The Morgan fingerprint density at radius 3 is 2.18 bits per heavy atom. The molecule has 0 radical (unpaired) electrons. The maximum absolute atomic E-state index is 13.8. The van der Waals surface area contributed by atoms with Crippen LogP contribution >= 0.6 is 11.6 Å². The lowest BCUT2D eigenvalue weighted by Gasteiger charge is -2.32. The molecular weight excluding hydrogens is 508 g/mol. The number of rotatable bonds is 13. The van der Waals surface area contributed by atoms with Crippen molar-refractivity contribution in [3.63, 3.8) is 0 Å². The van der Waals surface area contributed by atoms with Gasteiger partial charge in [-0.05, 0) is 68.5 Å². The molecule has 9 heteroatoms. The third-order valence-corrected chi connectivity index (χ3v) is 6.88. The van der Waals surface area contributed by atoms with Gasteiger partial charge < -0.3 is 29.2 Å². The van der Waals surface area contributed by atoms with Crippen LogP contribution in [0.15, 0.2) is 36.4 Å². The van der Waals surface area contributed by atoms with Gasteiger partial charge in [-0.25, -0.2) is 0 Å². The van der Waals surface area contributed by atoms with Gasteiger partial charge in [0.1, 0.15) is 11.9 Å². The van der Waals surface area contributed by atoms with E-state index in [0.717, 1.165) is 31.2 Å². The number of carbonyl (C=O) groups excluding carboxylic acids is 2. The molecule has 2 amide bonds. The van der Waals surface area contributed by atoms with Crippen molar-refractivity contribution in [1.82, 2.24) is 10.2 Å². The van der Waals surface area contributed by atoms with Crippen LogP contribution in [-0.4, -0.2) is 62.6 Å². The summed E-state index contributed by atoms with van der Waals surface area (Å²) in [6.45, 7) is 4.14. The minimum atomic E-state index is -0.885. The molecule has 8 nitrogen and oxygen atoms in total. The SMILES string of the molecule is COc1ccc(CCN(C(=O)CCl)[C@@H](C(=O)NC2CCCC2)c2ccc(OC(C)C)c(OC)c2)cc1OC. The first-order chi connectivity index (χ1) is 18.3. The highest BCUT2D eigenvalue weighted by Crippen LogP contribution is 2.34. The number of alkyl halides is 1. The molecular formula is C29H39ClN2O6. The van der Waals surface area contributed by atoms with Crippen molar-refractivity contribution in [1.29, 1.82) is 0 Å². The largest absolute Gasteiger partial charge is 0.493 e. The summed E-state index contributed by atoms with van der Waals surface area (Å²) in [5.41, 5.74) is 1.56. The molecule has 1 aliphatic carbocycles. The second-order valence-electron chi connectivity index (χ2n) is 9.63. The van der Waals surface area contributed by atoms with Crippen molar-refractivity contribution in [2.24, 2.45) is 0 Å². The fourth-order valence-corrected chi connectivity index (χ4v) is 4.94. The van der Waals surface area contributed by atoms with Crippen LogP contribution in [0.25, 0.3) is 0 Å². The zero-order valence-electron chi connectivity index (χ0n) is 22.9. The molecule has 3 rings (SSSR count). The van der Waals surface area contributed by atoms with E-state index >= 15 is 0 Å². The average Bonchev–Trinajstić information content (AvgIpc) is 3.43. The lowest BCUT2D eigenvalue weighted by atomic mass is 10.0. The van der Waals surface area contributed by atoms with E-state index in [1.165, 1.54) is 0 Å². The van der Waals surface area contributed by atoms with Crippen LogP contribution in [0.1, 0.15) is 56.7 Å². The van der Waals surface area contributed by atoms with Gasteiger partial charge in [0.25, 0.3) is 0 Å². The average molecular weight is 547 g/mol. The second-order valence-corrected chi connectivity index (χ2v) is 9.90. The maximum atomic E-state index is 13.8. The predicted octanol–water partition coefficient (Wildman–Crippen LogP) is 4.91. The Balaban J connectivity index is 1.97. The molecule has 0 aliphatic heterocycles. The van der Waals surface area contributed by atoms with E-state index in [4.69, 9.17) is 30.5 Å². The van der Waals surface area contributed by atoms with Gasteiger partial charge in [0.15, 0.2) is 23.0 Å². The number of benzene rings is 2. The van der Waals surface area contributed by atoms with Gasteiger partial charge >= 0.3 is 0 Å². The first-order valence-electron chi connectivity index (χ1n) is 13.0. The highest BCUT2D eigenvalue weighted by atomic mass is 35.5. The van der Waals surface area contributed by atoms with Gasteiger partial charge in [-0.1, -0.05) is 25.0 Å². The maximum Gasteiger partial charge on any atom is 0.247 e. The topological polar surface area (TPSA) is 86.3 Å². The molecule has 38 heavy (non-hydrogen) atoms. The highest BCUT2D eigenvalue weighted by molar-refractivity contribution is 6.27. The number of carbonyl (C=O) groups is 2. The van der Waals surface area contributed by atoms with Gasteiger partial charge in [0, 0.05) is 12.6 Å². The number of hydrogen-bond acceptors (Lipinski definition) is 6. The quantitative estimate of drug-likeness (QED) is 0.359. The van der Waals surface area contributed by atoms with Crippen LogP contribution in [0.5, 0.6) is 23.0 Å². The first kappa shape index (κ1) is 29.4. The summed E-state index contributed by atoms with van der Waals surface area (Å²) in [4.78, 5) is 28.5. The van der Waals surface area contributed by atoms with Crippen LogP contribution in [0.2, 0.25) is 0 Å². The van der Waals surface area contributed by atoms with Crippen LogP contribution in [0.4, 0.5) is 0 Å². The van der Waals surface area contributed by atoms with Crippen molar-refractivity contribution in [2.75, 3.05) is 33.8 Å². The summed E-state index contributed by atoms with van der Waals surface area (Å²) in [6.07, 6.45) is 4.45. The van der Waals surface area contributed by atoms with Gasteiger partial charge in [-0.2, -0.15) is 0 Å². The molecule has 0 aromatic heterocycles. The van der Waals surface area contributed by atoms with E-state index < -0.39 is 6.04 Å². The molecule has 0 unspecified atom stereocenters. The zero-order chi connectivity index (χ0) is 27.7. The monoisotopic (exact) mass is 546 g/mol. The normalized spacial score (nSPS) is 14.2. The summed E-state index contributed by atoms with van der Waals surface area (Å²) in [5.74, 6) is 1.47. The van der Waals surface area contributed by atoms with E-state index in [0.29, 0.717) is 35.0 Å². The Hall–Kier alpha value is -3.13. The Morgan fingerprint density at radius 1 is 0.947 bits per heavy atom. The van der Waals surface area contributed by atoms with E-state index in [2.05, 4.69) is 5.32 Å². The molecule has 0 spiro atoms. The number of nitrogens with one attached hydrogen (secondary N) is 1. The third kappa shape index (κ3) is 7.47. The molecule has 2 aromatic carbocycles. The molecule has 1 saturated carbocycles. The Morgan fingerprint density at radius 2 is 1.58 bits per heavy atom. The van der Waals surface area contributed by atoms with Gasteiger partial charge in [-0.3, -0.25) is 9.59 Å². The smallest absolute Gasteiger partial charge is 0.247 e. The summed E-state index contributed by atoms with van der Waals surface area (Å²) in [6, 6.07) is 10.2. The fourth-order valence-electron chi connectivity index (χ4n) is 4.79. The van der Waals surface area contributed by atoms with E-state index in [1.807, 2.05) is 38.1 Å².